The minimum absolute atomic E-state index is 0.167. The van der Waals surface area contributed by atoms with Crippen LogP contribution in [0.5, 0.6) is 0 Å². The molecule has 96 valence electrons. The maximum Gasteiger partial charge on any atom is 0.335 e. The Bertz CT molecular complexity index is 582. The van der Waals surface area contributed by atoms with Gasteiger partial charge in [0, 0.05) is 23.8 Å². The van der Waals surface area contributed by atoms with E-state index >= 15 is 0 Å². The number of nitrogens with one attached hydrogen (secondary N) is 2. The number of amides is 2. The standard InChI is InChI=1S/C13H11N3O3/c17-12(18)9-1-3-10(4-2-9)15-13(19)16-11-5-7-14-8-6-11/h1-8H,(H,17,18)(H2,14,15,16,19). The molecule has 0 saturated carbocycles. The molecule has 0 aliphatic heterocycles. The van der Waals surface area contributed by atoms with Gasteiger partial charge in [-0.3, -0.25) is 4.98 Å². The van der Waals surface area contributed by atoms with Gasteiger partial charge in [0.15, 0.2) is 0 Å². The number of aromatic carboxylic acids is 1. The quantitative estimate of drug-likeness (QED) is 0.787. The van der Waals surface area contributed by atoms with Crippen LogP contribution in [0.25, 0.3) is 0 Å². The van der Waals surface area contributed by atoms with E-state index in [2.05, 4.69) is 15.6 Å². The molecule has 6 heteroatoms. The number of carboxylic acids is 1. The zero-order valence-corrected chi connectivity index (χ0v) is 9.83. The van der Waals surface area contributed by atoms with Crippen LogP contribution in [0.3, 0.4) is 0 Å². The van der Waals surface area contributed by atoms with Gasteiger partial charge in [-0.2, -0.15) is 0 Å². The second-order valence-corrected chi connectivity index (χ2v) is 3.70. The molecule has 0 bridgehead atoms. The van der Waals surface area contributed by atoms with Crippen LogP contribution in [0.15, 0.2) is 48.8 Å². The number of hydrogen-bond acceptors (Lipinski definition) is 3. The molecule has 0 saturated heterocycles. The highest BCUT2D eigenvalue weighted by Gasteiger charge is 2.04. The zero-order valence-electron chi connectivity index (χ0n) is 9.83. The molecule has 0 fully saturated rings. The van der Waals surface area contributed by atoms with Crippen LogP contribution in [0.2, 0.25) is 0 Å². The first-order chi connectivity index (χ1) is 9.15. The number of rotatable bonds is 3. The molecule has 0 unspecified atom stereocenters. The Balaban J connectivity index is 1.97. The number of carboxylic acid groups (broad SMARTS) is 1. The fourth-order valence-corrected chi connectivity index (χ4v) is 1.42. The van der Waals surface area contributed by atoms with Crippen molar-refractivity contribution in [2.75, 3.05) is 10.6 Å². The van der Waals surface area contributed by atoms with Gasteiger partial charge in [0.25, 0.3) is 0 Å². The molecule has 1 heterocycles. The zero-order chi connectivity index (χ0) is 13.7. The van der Waals surface area contributed by atoms with Gasteiger partial charge in [-0.25, -0.2) is 9.59 Å². The molecule has 0 atom stereocenters. The molecule has 3 N–H and O–H groups in total. The van der Waals surface area contributed by atoms with Gasteiger partial charge in [-0.15, -0.1) is 0 Å². The Hall–Kier alpha value is -2.89. The van der Waals surface area contributed by atoms with E-state index < -0.39 is 12.0 Å². The summed E-state index contributed by atoms with van der Waals surface area (Å²) in [6, 6.07) is 8.80. The normalized spacial score (nSPS) is 9.68. The Labute approximate surface area is 109 Å². The van der Waals surface area contributed by atoms with Crippen LogP contribution < -0.4 is 10.6 Å². The van der Waals surface area contributed by atoms with E-state index in [0.717, 1.165) is 0 Å². The van der Waals surface area contributed by atoms with Crippen LogP contribution in [0.4, 0.5) is 16.2 Å². The first kappa shape index (κ1) is 12.6. The molecule has 0 aliphatic carbocycles. The van der Waals surface area contributed by atoms with E-state index in [4.69, 9.17) is 5.11 Å². The molecule has 2 amide bonds. The van der Waals surface area contributed by atoms with Crippen molar-refractivity contribution in [1.82, 2.24) is 4.98 Å². The number of urea groups is 1. The number of aromatic nitrogens is 1. The van der Waals surface area contributed by atoms with Crippen molar-refractivity contribution in [3.8, 4) is 0 Å². The van der Waals surface area contributed by atoms with Gasteiger partial charge in [0.05, 0.1) is 5.56 Å². The lowest BCUT2D eigenvalue weighted by molar-refractivity contribution is 0.0697. The summed E-state index contributed by atoms with van der Waals surface area (Å²) in [4.78, 5) is 26.1. The summed E-state index contributed by atoms with van der Waals surface area (Å²) in [5.41, 5.74) is 1.30. The number of anilines is 2. The Morgan fingerprint density at radius 2 is 1.42 bits per heavy atom. The lowest BCUT2D eigenvalue weighted by Crippen LogP contribution is -2.19. The van der Waals surface area contributed by atoms with Crippen molar-refractivity contribution in [2.45, 2.75) is 0 Å². The highest BCUT2D eigenvalue weighted by molar-refractivity contribution is 6.00. The van der Waals surface area contributed by atoms with Crippen molar-refractivity contribution in [3.05, 3.63) is 54.4 Å². The topological polar surface area (TPSA) is 91.3 Å². The largest absolute Gasteiger partial charge is 0.478 e. The van der Waals surface area contributed by atoms with Gasteiger partial charge < -0.3 is 15.7 Å². The molecular formula is C13H11N3O3. The Morgan fingerprint density at radius 3 is 1.95 bits per heavy atom. The van der Waals surface area contributed by atoms with E-state index in [1.165, 1.54) is 24.3 Å². The average Bonchev–Trinajstić information content (AvgIpc) is 2.40. The molecular weight excluding hydrogens is 246 g/mol. The summed E-state index contributed by atoms with van der Waals surface area (Å²) in [5, 5.41) is 14.0. The number of carbonyl (C=O) groups is 2. The van der Waals surface area contributed by atoms with E-state index in [1.54, 1.807) is 24.5 Å². The smallest absolute Gasteiger partial charge is 0.335 e. The summed E-state index contributed by atoms with van der Waals surface area (Å²) in [5.74, 6) is -1.01. The highest BCUT2D eigenvalue weighted by atomic mass is 16.4. The van der Waals surface area contributed by atoms with Crippen LogP contribution in [-0.2, 0) is 0 Å². The number of hydrogen-bond donors (Lipinski definition) is 3. The molecule has 0 aliphatic rings. The highest BCUT2D eigenvalue weighted by Crippen LogP contribution is 2.10. The number of benzene rings is 1. The summed E-state index contributed by atoms with van der Waals surface area (Å²) in [6.07, 6.45) is 3.13. The van der Waals surface area contributed by atoms with Gasteiger partial charge in [-0.05, 0) is 36.4 Å². The van der Waals surface area contributed by atoms with E-state index in [-0.39, 0.29) is 5.56 Å². The minimum atomic E-state index is -1.01. The van der Waals surface area contributed by atoms with Crippen LogP contribution in [0, 0.1) is 0 Å². The Kier molecular flexibility index (Phi) is 3.72. The third kappa shape index (κ3) is 3.53. The van der Waals surface area contributed by atoms with Gasteiger partial charge in [0.1, 0.15) is 0 Å². The number of nitrogens with zero attached hydrogens (tertiary/aromatic N) is 1. The van der Waals surface area contributed by atoms with Gasteiger partial charge >= 0.3 is 12.0 Å². The second-order valence-electron chi connectivity index (χ2n) is 3.70. The lowest BCUT2D eigenvalue weighted by Gasteiger charge is -2.07. The van der Waals surface area contributed by atoms with E-state index in [9.17, 15) is 9.59 Å². The number of pyridine rings is 1. The second kappa shape index (κ2) is 5.63. The summed E-state index contributed by atoms with van der Waals surface area (Å²) in [7, 11) is 0. The molecule has 6 nitrogen and oxygen atoms in total. The maximum absolute atomic E-state index is 11.6. The average molecular weight is 257 g/mol. The molecule has 2 aromatic rings. The SMILES string of the molecule is O=C(Nc1ccncc1)Nc1ccc(C(=O)O)cc1. The van der Waals surface area contributed by atoms with Crippen molar-refractivity contribution in [3.63, 3.8) is 0 Å². The summed E-state index contributed by atoms with van der Waals surface area (Å²) in [6.45, 7) is 0. The Morgan fingerprint density at radius 1 is 0.895 bits per heavy atom. The molecule has 0 spiro atoms. The summed E-state index contributed by atoms with van der Waals surface area (Å²) < 4.78 is 0. The van der Waals surface area contributed by atoms with E-state index in [1.807, 2.05) is 0 Å². The summed E-state index contributed by atoms with van der Waals surface area (Å²) >= 11 is 0. The molecule has 2 rings (SSSR count). The maximum atomic E-state index is 11.6. The fraction of sp³-hybridized carbons (Fsp3) is 0. The van der Waals surface area contributed by atoms with Crippen molar-refractivity contribution in [1.29, 1.82) is 0 Å². The molecule has 0 radical (unpaired) electrons. The van der Waals surface area contributed by atoms with Crippen molar-refractivity contribution < 1.29 is 14.7 Å². The molecule has 1 aromatic carbocycles. The molecule has 19 heavy (non-hydrogen) atoms. The monoisotopic (exact) mass is 257 g/mol. The fourth-order valence-electron chi connectivity index (χ4n) is 1.42. The third-order valence-corrected chi connectivity index (χ3v) is 2.33. The van der Waals surface area contributed by atoms with E-state index in [0.29, 0.717) is 11.4 Å². The van der Waals surface area contributed by atoms with Gasteiger partial charge in [0.2, 0.25) is 0 Å². The van der Waals surface area contributed by atoms with Gasteiger partial charge in [-0.1, -0.05) is 0 Å². The van der Waals surface area contributed by atoms with Crippen LogP contribution in [0.1, 0.15) is 10.4 Å². The first-order valence-electron chi connectivity index (χ1n) is 5.46. The molecule has 1 aromatic heterocycles. The number of carbonyl (C=O) groups excluding carboxylic acids is 1. The third-order valence-electron chi connectivity index (χ3n) is 2.33. The predicted molar refractivity (Wildman–Crippen MR) is 70.3 cm³/mol. The predicted octanol–water partition coefficient (Wildman–Crippen LogP) is 2.42. The van der Waals surface area contributed by atoms with Crippen molar-refractivity contribution >= 4 is 23.4 Å². The van der Waals surface area contributed by atoms with Crippen LogP contribution in [-0.4, -0.2) is 22.1 Å². The lowest BCUT2D eigenvalue weighted by atomic mass is 10.2. The first-order valence-corrected chi connectivity index (χ1v) is 5.46. The minimum Gasteiger partial charge on any atom is -0.478 e. The van der Waals surface area contributed by atoms with Crippen LogP contribution >= 0.6 is 0 Å². The van der Waals surface area contributed by atoms with Crippen molar-refractivity contribution in [2.24, 2.45) is 0 Å².